The Balaban J connectivity index is 1.70. The second-order valence-corrected chi connectivity index (χ2v) is 6.73. The molecule has 7 heteroatoms. The number of hydrogen-bond donors (Lipinski definition) is 1. The summed E-state index contributed by atoms with van der Waals surface area (Å²) in [7, 11) is 1.89. The Bertz CT molecular complexity index is 1160. The molecule has 3 heterocycles. The monoisotopic (exact) mass is 374 g/mol. The van der Waals surface area contributed by atoms with E-state index in [1.807, 2.05) is 62.1 Å². The first-order valence-corrected chi connectivity index (χ1v) is 9.25. The number of pyridine rings is 1. The smallest absolute Gasteiger partial charge is 0.252 e. The van der Waals surface area contributed by atoms with E-state index in [1.54, 1.807) is 17.1 Å². The molecule has 142 valence electrons. The fourth-order valence-corrected chi connectivity index (χ4v) is 3.20. The summed E-state index contributed by atoms with van der Waals surface area (Å²) in [5.74, 6) is -0.134. The summed E-state index contributed by atoms with van der Waals surface area (Å²) in [6.45, 7) is 5.25. The molecule has 4 aromatic rings. The molecule has 0 unspecified atom stereocenters. The van der Waals surface area contributed by atoms with E-state index in [0.29, 0.717) is 12.1 Å². The molecular formula is C21H22N6O. The Morgan fingerprint density at radius 1 is 1.18 bits per heavy atom. The maximum Gasteiger partial charge on any atom is 0.252 e. The summed E-state index contributed by atoms with van der Waals surface area (Å²) < 4.78 is 3.64. The predicted molar refractivity (Wildman–Crippen MR) is 108 cm³/mol. The lowest BCUT2D eigenvalue weighted by molar-refractivity contribution is 0.0952. The first-order chi connectivity index (χ1) is 13.6. The quantitative estimate of drug-likeness (QED) is 0.582. The summed E-state index contributed by atoms with van der Waals surface area (Å²) >= 11 is 0. The van der Waals surface area contributed by atoms with Crippen molar-refractivity contribution in [2.75, 3.05) is 0 Å². The Kier molecular flexibility index (Phi) is 4.65. The molecule has 1 N–H and O–H groups in total. The molecule has 3 aromatic heterocycles. The molecule has 0 saturated heterocycles. The predicted octanol–water partition coefficient (Wildman–Crippen LogP) is 3.09. The first-order valence-electron chi connectivity index (χ1n) is 9.25. The molecule has 0 fully saturated rings. The molecule has 4 rings (SSSR count). The van der Waals surface area contributed by atoms with Gasteiger partial charge in [0, 0.05) is 48.5 Å². The second-order valence-electron chi connectivity index (χ2n) is 6.73. The van der Waals surface area contributed by atoms with Crippen LogP contribution in [0.5, 0.6) is 0 Å². The van der Waals surface area contributed by atoms with Gasteiger partial charge < -0.3 is 5.32 Å². The van der Waals surface area contributed by atoms with Gasteiger partial charge in [0.05, 0.1) is 29.2 Å². The summed E-state index contributed by atoms with van der Waals surface area (Å²) in [4.78, 5) is 17.7. The van der Waals surface area contributed by atoms with Crippen LogP contribution in [0.4, 0.5) is 0 Å². The van der Waals surface area contributed by atoms with E-state index in [0.717, 1.165) is 40.0 Å². The van der Waals surface area contributed by atoms with Crippen molar-refractivity contribution < 1.29 is 4.79 Å². The summed E-state index contributed by atoms with van der Waals surface area (Å²) in [6, 6.07) is 9.53. The van der Waals surface area contributed by atoms with Crippen LogP contribution in [-0.4, -0.2) is 30.5 Å². The zero-order chi connectivity index (χ0) is 19.7. The van der Waals surface area contributed by atoms with Crippen molar-refractivity contribution in [3.63, 3.8) is 0 Å². The van der Waals surface area contributed by atoms with Gasteiger partial charge in [-0.1, -0.05) is 18.2 Å². The van der Waals surface area contributed by atoms with Gasteiger partial charge >= 0.3 is 0 Å². The normalized spacial score (nSPS) is 11.1. The highest BCUT2D eigenvalue weighted by Gasteiger charge is 2.16. The van der Waals surface area contributed by atoms with E-state index in [4.69, 9.17) is 4.98 Å². The number of fused-ring (bicyclic) bond motifs is 1. The molecule has 0 atom stereocenters. The van der Waals surface area contributed by atoms with Gasteiger partial charge in [0.2, 0.25) is 0 Å². The second kappa shape index (κ2) is 7.26. The minimum Gasteiger partial charge on any atom is -0.348 e. The lowest BCUT2D eigenvalue weighted by atomic mass is 10.0. The Morgan fingerprint density at radius 3 is 2.71 bits per heavy atom. The van der Waals surface area contributed by atoms with Crippen molar-refractivity contribution >= 4 is 16.8 Å². The lowest BCUT2D eigenvalue weighted by Crippen LogP contribution is -2.23. The van der Waals surface area contributed by atoms with Crippen molar-refractivity contribution in [3.8, 4) is 11.3 Å². The van der Waals surface area contributed by atoms with Gasteiger partial charge in [-0.25, -0.2) is 4.98 Å². The Hall–Kier alpha value is -3.48. The van der Waals surface area contributed by atoms with Gasteiger partial charge in [0.1, 0.15) is 0 Å². The van der Waals surface area contributed by atoms with E-state index in [9.17, 15) is 4.79 Å². The molecular weight excluding hydrogens is 352 g/mol. The van der Waals surface area contributed by atoms with Crippen LogP contribution in [0.1, 0.15) is 28.5 Å². The van der Waals surface area contributed by atoms with Crippen LogP contribution in [-0.2, 0) is 20.1 Å². The molecule has 1 aromatic carbocycles. The molecule has 0 bridgehead atoms. The third kappa shape index (κ3) is 3.26. The highest BCUT2D eigenvalue weighted by atomic mass is 16.1. The first kappa shape index (κ1) is 17.9. The zero-order valence-electron chi connectivity index (χ0n) is 16.2. The SMILES string of the molecule is CCn1cc(CNC(=O)c2cc(-c3cnn(C)c3C)nc3ccccc23)cn1. The number of nitrogens with one attached hydrogen (secondary N) is 1. The van der Waals surface area contributed by atoms with Crippen LogP contribution < -0.4 is 5.32 Å². The molecule has 7 nitrogen and oxygen atoms in total. The number of carbonyl (C=O) groups excluding carboxylic acids is 1. The number of benzene rings is 1. The van der Waals surface area contributed by atoms with Crippen LogP contribution in [0.15, 0.2) is 48.9 Å². The Morgan fingerprint density at radius 2 is 2.00 bits per heavy atom. The summed E-state index contributed by atoms with van der Waals surface area (Å²) in [5.41, 5.74) is 5.02. The highest BCUT2D eigenvalue weighted by molar-refractivity contribution is 6.07. The lowest BCUT2D eigenvalue weighted by Gasteiger charge is -2.10. The molecule has 0 aliphatic heterocycles. The standard InChI is InChI=1S/C21H22N6O/c1-4-27-13-15(11-24-27)10-22-21(28)17-9-20(18-12-23-26(3)14(18)2)25-19-8-6-5-7-16(17)19/h5-9,11-13H,4,10H2,1-3H3,(H,22,28). The number of rotatable bonds is 5. The van der Waals surface area contributed by atoms with E-state index in [-0.39, 0.29) is 5.91 Å². The summed E-state index contributed by atoms with van der Waals surface area (Å²) in [5, 5.41) is 12.4. The summed E-state index contributed by atoms with van der Waals surface area (Å²) in [6.07, 6.45) is 5.50. The van der Waals surface area contributed by atoms with Gasteiger partial charge in [0.15, 0.2) is 0 Å². The van der Waals surface area contributed by atoms with Gasteiger partial charge in [-0.3, -0.25) is 14.2 Å². The number of carbonyl (C=O) groups is 1. The van der Waals surface area contributed by atoms with E-state index in [1.165, 1.54) is 0 Å². The maximum atomic E-state index is 13.0. The van der Waals surface area contributed by atoms with E-state index >= 15 is 0 Å². The number of aryl methyl sites for hydroxylation is 2. The number of aromatic nitrogens is 5. The van der Waals surface area contributed by atoms with Crippen LogP contribution in [0.2, 0.25) is 0 Å². The van der Waals surface area contributed by atoms with Crippen molar-refractivity contribution in [2.24, 2.45) is 7.05 Å². The molecule has 0 spiro atoms. The topological polar surface area (TPSA) is 77.6 Å². The fourth-order valence-electron chi connectivity index (χ4n) is 3.20. The van der Waals surface area contributed by atoms with Crippen molar-refractivity contribution in [1.29, 1.82) is 0 Å². The number of hydrogen-bond acceptors (Lipinski definition) is 4. The molecule has 28 heavy (non-hydrogen) atoms. The van der Waals surface area contributed by atoms with Gasteiger partial charge in [-0.05, 0) is 26.0 Å². The molecule has 1 amide bonds. The third-order valence-electron chi connectivity index (χ3n) is 4.94. The van der Waals surface area contributed by atoms with Crippen molar-refractivity contribution in [1.82, 2.24) is 29.9 Å². The van der Waals surface area contributed by atoms with Crippen molar-refractivity contribution in [2.45, 2.75) is 26.9 Å². The minimum absolute atomic E-state index is 0.134. The van der Waals surface area contributed by atoms with Crippen LogP contribution in [0.25, 0.3) is 22.2 Å². The minimum atomic E-state index is -0.134. The fraction of sp³-hybridized carbons (Fsp3) is 0.238. The molecule has 0 aliphatic carbocycles. The maximum absolute atomic E-state index is 13.0. The molecule has 0 radical (unpaired) electrons. The van der Waals surface area contributed by atoms with Gasteiger partial charge in [-0.15, -0.1) is 0 Å². The highest BCUT2D eigenvalue weighted by Crippen LogP contribution is 2.26. The van der Waals surface area contributed by atoms with E-state index < -0.39 is 0 Å². The third-order valence-corrected chi connectivity index (χ3v) is 4.94. The average molecular weight is 374 g/mol. The average Bonchev–Trinajstić information content (AvgIpc) is 3.32. The number of amides is 1. The molecule has 0 saturated carbocycles. The van der Waals surface area contributed by atoms with Crippen LogP contribution >= 0.6 is 0 Å². The molecule has 0 aliphatic rings. The van der Waals surface area contributed by atoms with Crippen LogP contribution in [0, 0.1) is 6.92 Å². The van der Waals surface area contributed by atoms with Gasteiger partial charge in [-0.2, -0.15) is 10.2 Å². The van der Waals surface area contributed by atoms with Crippen molar-refractivity contribution in [3.05, 3.63) is 65.7 Å². The zero-order valence-corrected chi connectivity index (χ0v) is 16.2. The van der Waals surface area contributed by atoms with Gasteiger partial charge in [0.25, 0.3) is 5.91 Å². The van der Waals surface area contributed by atoms with E-state index in [2.05, 4.69) is 15.5 Å². The number of para-hydroxylation sites is 1. The largest absolute Gasteiger partial charge is 0.348 e. The Labute approximate surface area is 163 Å². The number of nitrogens with zero attached hydrogens (tertiary/aromatic N) is 5. The van der Waals surface area contributed by atoms with Crippen LogP contribution in [0.3, 0.4) is 0 Å².